The van der Waals surface area contributed by atoms with Crippen molar-refractivity contribution in [3.05, 3.63) is 56.0 Å². The van der Waals surface area contributed by atoms with E-state index >= 15 is 0 Å². The molecule has 0 unspecified atom stereocenters. The van der Waals surface area contributed by atoms with Crippen molar-refractivity contribution in [2.75, 3.05) is 11.1 Å². The number of carbonyl (C=O) groups excluding carboxylic acids is 1. The van der Waals surface area contributed by atoms with Crippen LogP contribution in [0, 0.1) is 16.7 Å². The predicted octanol–water partition coefficient (Wildman–Crippen LogP) is 5.17. The normalized spacial score (nSPS) is 20.8. The van der Waals surface area contributed by atoms with Gasteiger partial charge in [-0.1, -0.05) is 41.9 Å². The number of benzene rings is 1. The molecule has 0 radical (unpaired) electrons. The number of hydrogen-bond donors (Lipinski definition) is 2. The Morgan fingerprint density at radius 2 is 2.00 bits per heavy atom. The average Bonchev–Trinajstić information content (AvgIpc) is 2.88. The van der Waals surface area contributed by atoms with Gasteiger partial charge in [-0.15, -0.1) is 11.3 Å². The van der Waals surface area contributed by atoms with Gasteiger partial charge in [0.15, 0.2) is 5.78 Å². The first-order valence-corrected chi connectivity index (χ1v) is 10.0. The zero-order valence-electron chi connectivity index (χ0n) is 14.5. The van der Waals surface area contributed by atoms with Gasteiger partial charge in [0, 0.05) is 33.6 Å². The molecule has 3 N–H and O–H groups in total. The molecular weight excluding hydrogens is 410 g/mol. The average molecular weight is 428 g/mol. The Morgan fingerprint density at radius 1 is 1.31 bits per heavy atom. The summed E-state index contributed by atoms with van der Waals surface area (Å²) in [7, 11) is 0. The lowest BCUT2D eigenvalue weighted by atomic mass is 9.69. The van der Waals surface area contributed by atoms with Gasteiger partial charge in [-0.25, -0.2) is 0 Å². The summed E-state index contributed by atoms with van der Waals surface area (Å²) in [6.45, 7) is 4.23. The van der Waals surface area contributed by atoms with Gasteiger partial charge in [-0.05, 0) is 29.5 Å². The summed E-state index contributed by atoms with van der Waals surface area (Å²) in [6.07, 6.45) is 1.32. The van der Waals surface area contributed by atoms with Crippen molar-refractivity contribution in [2.45, 2.75) is 32.6 Å². The second kappa shape index (κ2) is 5.97. The minimum absolute atomic E-state index is 0.0778. The second-order valence-corrected chi connectivity index (χ2v) is 9.58. The van der Waals surface area contributed by atoms with Gasteiger partial charge in [0.25, 0.3) is 0 Å². The Morgan fingerprint density at radius 3 is 2.65 bits per heavy atom. The smallest absolute Gasteiger partial charge is 0.162 e. The van der Waals surface area contributed by atoms with Crippen molar-refractivity contribution < 1.29 is 4.79 Å². The first-order chi connectivity index (χ1) is 12.3. The van der Waals surface area contributed by atoms with Gasteiger partial charge in [-0.3, -0.25) is 4.79 Å². The number of nitrogens with zero attached hydrogens (tertiary/aromatic N) is 1. The summed E-state index contributed by atoms with van der Waals surface area (Å²) in [6, 6.07) is 10.2. The van der Waals surface area contributed by atoms with Crippen LogP contribution < -0.4 is 11.1 Å². The number of hydrogen-bond acceptors (Lipinski definition) is 5. The van der Waals surface area contributed by atoms with Crippen molar-refractivity contribution in [1.82, 2.24) is 0 Å². The molecule has 1 aliphatic carbocycles. The zero-order chi connectivity index (χ0) is 18.6. The summed E-state index contributed by atoms with van der Waals surface area (Å²) in [5, 5.41) is 13.7. The summed E-state index contributed by atoms with van der Waals surface area (Å²) in [5.74, 6) is -0.0669. The molecule has 4 rings (SSSR count). The number of thiophene rings is 1. The highest BCUT2D eigenvalue weighted by atomic mass is 79.9. The van der Waals surface area contributed by atoms with Gasteiger partial charge in [0.1, 0.15) is 15.9 Å². The van der Waals surface area contributed by atoms with Gasteiger partial charge < -0.3 is 11.1 Å². The number of rotatable bonds is 1. The summed E-state index contributed by atoms with van der Waals surface area (Å²) >= 11 is 4.84. The van der Waals surface area contributed by atoms with E-state index in [1.165, 1.54) is 11.3 Å². The van der Waals surface area contributed by atoms with E-state index in [-0.39, 0.29) is 17.1 Å². The largest absolute Gasteiger partial charge is 0.397 e. The molecule has 6 heteroatoms. The molecule has 1 aromatic heterocycles. The maximum absolute atomic E-state index is 13.1. The van der Waals surface area contributed by atoms with Crippen molar-refractivity contribution >= 4 is 43.7 Å². The van der Waals surface area contributed by atoms with Crippen LogP contribution in [0.3, 0.4) is 0 Å². The summed E-state index contributed by atoms with van der Waals surface area (Å²) in [5.41, 5.74) is 10.4. The number of allylic oxidation sites excluding steroid dienone is 2. The monoisotopic (exact) mass is 427 g/mol. The molecule has 1 aliphatic heterocycles. The van der Waals surface area contributed by atoms with E-state index < -0.39 is 0 Å². The van der Waals surface area contributed by atoms with Crippen LogP contribution >= 0.6 is 27.3 Å². The van der Waals surface area contributed by atoms with Crippen LogP contribution in [-0.4, -0.2) is 5.78 Å². The maximum atomic E-state index is 13.1. The Bertz CT molecular complexity index is 995. The number of Topliss-reactive ketones (excluding diaryl/α,β-unsaturated/α-hetero) is 1. The van der Waals surface area contributed by atoms with Gasteiger partial charge in [0.2, 0.25) is 0 Å². The van der Waals surface area contributed by atoms with Crippen LogP contribution in [0.4, 0.5) is 10.7 Å². The highest BCUT2D eigenvalue weighted by Gasteiger charge is 2.42. The number of nitrogens with two attached hydrogens (primary N) is 1. The standard InChI is InChI=1S/C20H18BrN3OS/c1-20(2)7-12-16(13(25)8-20)15(10-3-5-11(21)6-4-10)17-18(23)14(9-22)26-19(17)24-12/h3-6,15,24H,7-8,23H2,1-2H3/t15-/m0/s1. The second-order valence-electron chi connectivity index (χ2n) is 7.64. The molecule has 1 atom stereocenters. The van der Waals surface area contributed by atoms with Gasteiger partial charge >= 0.3 is 0 Å². The number of ketones is 1. The number of fused-ring (bicyclic) bond motifs is 1. The number of carbonyl (C=O) groups is 1. The number of halogens is 1. The Kier molecular flexibility index (Phi) is 3.98. The molecule has 0 fully saturated rings. The van der Waals surface area contributed by atoms with Crippen LogP contribution in [-0.2, 0) is 4.79 Å². The van der Waals surface area contributed by atoms with Gasteiger partial charge in [0.05, 0.1) is 5.69 Å². The molecule has 1 aromatic carbocycles. The first-order valence-electron chi connectivity index (χ1n) is 8.42. The third-order valence-electron chi connectivity index (χ3n) is 5.05. The van der Waals surface area contributed by atoms with Crippen LogP contribution in [0.2, 0.25) is 0 Å². The fourth-order valence-electron chi connectivity index (χ4n) is 3.97. The minimum atomic E-state index is -0.226. The Balaban J connectivity index is 1.96. The number of nitriles is 1. The Labute approximate surface area is 164 Å². The fraction of sp³-hybridized carbons (Fsp3) is 0.300. The summed E-state index contributed by atoms with van der Waals surface area (Å²) < 4.78 is 0.983. The molecule has 4 nitrogen and oxygen atoms in total. The Hall–Kier alpha value is -2.10. The summed E-state index contributed by atoms with van der Waals surface area (Å²) in [4.78, 5) is 13.6. The lowest BCUT2D eigenvalue weighted by Gasteiger charge is -2.38. The molecule has 2 aromatic rings. The lowest BCUT2D eigenvalue weighted by molar-refractivity contribution is -0.118. The van der Waals surface area contributed by atoms with Crippen molar-refractivity contribution in [2.24, 2.45) is 5.41 Å². The molecule has 2 aliphatic rings. The van der Waals surface area contributed by atoms with Crippen LogP contribution in [0.5, 0.6) is 0 Å². The third kappa shape index (κ3) is 2.67. The molecule has 26 heavy (non-hydrogen) atoms. The topological polar surface area (TPSA) is 78.9 Å². The predicted molar refractivity (Wildman–Crippen MR) is 108 cm³/mol. The lowest BCUT2D eigenvalue weighted by Crippen LogP contribution is -2.33. The highest BCUT2D eigenvalue weighted by molar-refractivity contribution is 9.10. The molecule has 0 saturated heterocycles. The maximum Gasteiger partial charge on any atom is 0.162 e. The third-order valence-corrected chi connectivity index (χ3v) is 6.62. The highest BCUT2D eigenvalue weighted by Crippen LogP contribution is 2.53. The van der Waals surface area contributed by atoms with Crippen LogP contribution in [0.15, 0.2) is 40.0 Å². The number of anilines is 2. The van der Waals surface area contributed by atoms with Crippen LogP contribution in [0.1, 0.15) is 48.6 Å². The zero-order valence-corrected chi connectivity index (χ0v) is 16.9. The van der Waals surface area contributed by atoms with E-state index in [0.717, 1.165) is 38.3 Å². The van der Waals surface area contributed by atoms with E-state index in [0.29, 0.717) is 17.0 Å². The number of nitrogen functional groups attached to an aromatic ring is 1. The minimum Gasteiger partial charge on any atom is -0.397 e. The van der Waals surface area contributed by atoms with E-state index in [2.05, 4.69) is 41.2 Å². The molecule has 2 heterocycles. The fourth-order valence-corrected chi connectivity index (χ4v) is 5.22. The van der Waals surface area contributed by atoms with Crippen molar-refractivity contribution in [1.29, 1.82) is 5.26 Å². The van der Waals surface area contributed by atoms with E-state index in [9.17, 15) is 10.1 Å². The van der Waals surface area contributed by atoms with Crippen LogP contribution in [0.25, 0.3) is 0 Å². The van der Waals surface area contributed by atoms with Crippen molar-refractivity contribution in [3.63, 3.8) is 0 Å². The van der Waals surface area contributed by atoms with E-state index in [4.69, 9.17) is 5.73 Å². The molecule has 0 spiro atoms. The molecule has 0 amide bonds. The molecule has 0 bridgehead atoms. The van der Waals surface area contributed by atoms with E-state index in [1.54, 1.807) is 0 Å². The molecular formula is C20H18BrN3OS. The molecule has 132 valence electrons. The SMILES string of the molecule is CC1(C)CC(=O)C2=C(C1)Nc1sc(C#N)c(N)c1[C@H]2c1ccc(Br)cc1. The van der Waals surface area contributed by atoms with E-state index in [1.807, 2.05) is 24.3 Å². The quantitative estimate of drug-likeness (QED) is 0.657. The van der Waals surface area contributed by atoms with Crippen molar-refractivity contribution in [3.8, 4) is 6.07 Å². The number of nitrogens with one attached hydrogen (secondary N) is 1. The first kappa shape index (κ1) is 17.3. The molecule has 0 saturated carbocycles. The van der Waals surface area contributed by atoms with Gasteiger partial charge in [-0.2, -0.15) is 5.26 Å².